The molecule has 25 heavy (non-hydrogen) atoms. The molecular weight excluding hydrogens is 318 g/mol. The summed E-state index contributed by atoms with van der Waals surface area (Å²) >= 11 is 0. The van der Waals surface area contributed by atoms with Crippen LogP contribution in [0.5, 0.6) is 0 Å². The second kappa shape index (κ2) is 8.07. The van der Waals surface area contributed by atoms with Crippen LogP contribution in [0.15, 0.2) is 41.2 Å². The molecule has 1 aromatic carbocycles. The van der Waals surface area contributed by atoms with Crippen LogP contribution in [0.2, 0.25) is 0 Å². The molecule has 0 spiro atoms. The number of nitrogens with zero attached hydrogens (tertiary/aromatic N) is 1. The van der Waals surface area contributed by atoms with E-state index in [1.807, 2.05) is 24.3 Å². The summed E-state index contributed by atoms with van der Waals surface area (Å²) in [5, 5.41) is 8.76. The lowest BCUT2D eigenvalue weighted by molar-refractivity contribution is 0.00468. The van der Waals surface area contributed by atoms with Crippen molar-refractivity contribution in [3.05, 3.63) is 58.0 Å². The van der Waals surface area contributed by atoms with Gasteiger partial charge in [-0.3, -0.25) is 9.59 Å². The van der Waals surface area contributed by atoms with Gasteiger partial charge in [-0.25, -0.2) is 5.10 Å². The summed E-state index contributed by atoms with van der Waals surface area (Å²) in [6.45, 7) is 2.81. The lowest BCUT2D eigenvalue weighted by Gasteiger charge is -2.26. The van der Waals surface area contributed by atoms with E-state index >= 15 is 0 Å². The van der Waals surface area contributed by atoms with Gasteiger partial charge < -0.3 is 10.1 Å². The molecule has 0 unspecified atom stereocenters. The highest BCUT2D eigenvalue weighted by atomic mass is 16.5. The molecule has 0 bridgehead atoms. The van der Waals surface area contributed by atoms with Crippen LogP contribution >= 0.6 is 0 Å². The highest BCUT2D eigenvalue weighted by Crippen LogP contribution is 2.26. The standard InChI is InChI=1S/C19H23N3O3/c1-13-4-2-7-16(10-13)25-12-14-5-3-6-15(11-14)20-19(24)17-8-9-18(23)22-21-17/h3,5-6,8-9,11,13,16H,2,4,7,10,12H2,1H3,(H,20,24)(H,22,23)/t13-,16-/m0/s1. The molecule has 6 nitrogen and oxygen atoms in total. The van der Waals surface area contributed by atoms with Crippen LogP contribution in [0, 0.1) is 5.92 Å². The van der Waals surface area contributed by atoms with Crippen LogP contribution in [0.4, 0.5) is 5.69 Å². The first-order valence-electron chi connectivity index (χ1n) is 8.68. The van der Waals surface area contributed by atoms with E-state index in [2.05, 4.69) is 22.4 Å². The number of carbonyl (C=O) groups is 1. The maximum Gasteiger partial charge on any atom is 0.276 e. The molecule has 3 rings (SSSR count). The molecule has 132 valence electrons. The molecule has 1 saturated carbocycles. The Bertz CT molecular complexity index is 767. The van der Waals surface area contributed by atoms with Gasteiger partial charge >= 0.3 is 0 Å². The second-order valence-corrected chi connectivity index (χ2v) is 6.67. The monoisotopic (exact) mass is 341 g/mol. The minimum atomic E-state index is -0.365. The Labute approximate surface area is 146 Å². The number of benzene rings is 1. The van der Waals surface area contributed by atoms with Gasteiger partial charge in [0.2, 0.25) is 0 Å². The fourth-order valence-corrected chi connectivity index (χ4v) is 3.15. The average Bonchev–Trinajstić information content (AvgIpc) is 2.61. The van der Waals surface area contributed by atoms with Gasteiger partial charge in [0.1, 0.15) is 5.69 Å². The number of hydrogen-bond donors (Lipinski definition) is 2. The highest BCUT2D eigenvalue weighted by Gasteiger charge is 2.19. The topological polar surface area (TPSA) is 84.1 Å². The molecule has 1 aliphatic carbocycles. The summed E-state index contributed by atoms with van der Waals surface area (Å²) < 4.78 is 6.03. The molecular formula is C19H23N3O3. The zero-order valence-corrected chi connectivity index (χ0v) is 14.3. The van der Waals surface area contributed by atoms with Crippen molar-refractivity contribution in [1.82, 2.24) is 10.2 Å². The zero-order valence-electron chi connectivity index (χ0n) is 14.3. The molecule has 2 N–H and O–H groups in total. The normalized spacial score (nSPS) is 20.2. The predicted molar refractivity (Wildman–Crippen MR) is 95.5 cm³/mol. The van der Waals surface area contributed by atoms with Gasteiger partial charge in [-0.15, -0.1) is 0 Å². The first kappa shape index (κ1) is 17.4. The molecule has 1 aromatic heterocycles. The van der Waals surface area contributed by atoms with Crippen LogP contribution in [0.1, 0.15) is 48.7 Å². The van der Waals surface area contributed by atoms with Gasteiger partial charge in [-0.1, -0.05) is 31.9 Å². The Morgan fingerprint density at radius 3 is 2.96 bits per heavy atom. The van der Waals surface area contributed by atoms with Crippen molar-refractivity contribution < 1.29 is 9.53 Å². The van der Waals surface area contributed by atoms with Gasteiger partial charge in [-0.2, -0.15) is 5.10 Å². The van der Waals surface area contributed by atoms with E-state index in [-0.39, 0.29) is 17.2 Å². The Kier molecular flexibility index (Phi) is 5.60. The first-order chi connectivity index (χ1) is 12.1. The third-order valence-electron chi connectivity index (χ3n) is 4.47. The van der Waals surface area contributed by atoms with Crippen molar-refractivity contribution >= 4 is 11.6 Å². The molecule has 0 aliphatic heterocycles. The van der Waals surface area contributed by atoms with Crippen molar-refractivity contribution in [2.75, 3.05) is 5.32 Å². The van der Waals surface area contributed by atoms with Gasteiger partial charge in [0, 0.05) is 11.8 Å². The molecule has 2 aromatic rings. The Hall–Kier alpha value is -2.47. The Balaban J connectivity index is 1.58. The number of H-pyrrole nitrogens is 1. The average molecular weight is 341 g/mol. The van der Waals surface area contributed by atoms with Crippen LogP contribution in [-0.2, 0) is 11.3 Å². The second-order valence-electron chi connectivity index (χ2n) is 6.67. The van der Waals surface area contributed by atoms with Crippen molar-refractivity contribution in [1.29, 1.82) is 0 Å². The Morgan fingerprint density at radius 1 is 1.32 bits per heavy atom. The third-order valence-corrected chi connectivity index (χ3v) is 4.47. The SMILES string of the molecule is C[C@H]1CCC[C@H](OCc2cccc(NC(=O)c3ccc(=O)[nH]n3)c2)C1. The van der Waals surface area contributed by atoms with Gasteiger partial charge in [0.25, 0.3) is 11.5 Å². The number of anilines is 1. The summed E-state index contributed by atoms with van der Waals surface area (Å²) in [4.78, 5) is 23.2. The number of ether oxygens (including phenoxy) is 1. The van der Waals surface area contributed by atoms with E-state index in [4.69, 9.17) is 4.74 Å². The maximum atomic E-state index is 12.2. The number of hydrogen-bond acceptors (Lipinski definition) is 4. The minimum absolute atomic E-state index is 0.164. The molecule has 1 aliphatic rings. The molecule has 6 heteroatoms. The number of amides is 1. The largest absolute Gasteiger partial charge is 0.374 e. The first-order valence-corrected chi connectivity index (χ1v) is 8.68. The van der Waals surface area contributed by atoms with Gasteiger partial charge in [0.15, 0.2) is 0 Å². The van der Waals surface area contributed by atoms with Gasteiger partial charge in [-0.05, 0) is 42.5 Å². The molecule has 1 amide bonds. The number of aromatic nitrogens is 2. The number of rotatable bonds is 5. The summed E-state index contributed by atoms with van der Waals surface area (Å²) in [7, 11) is 0. The lowest BCUT2D eigenvalue weighted by atomic mass is 9.89. The number of carbonyl (C=O) groups excluding carboxylic acids is 1. The molecule has 1 heterocycles. The Morgan fingerprint density at radius 2 is 2.20 bits per heavy atom. The van der Waals surface area contributed by atoms with E-state index in [1.54, 1.807) is 0 Å². The van der Waals surface area contributed by atoms with Crippen LogP contribution < -0.4 is 10.9 Å². The van der Waals surface area contributed by atoms with Crippen molar-refractivity contribution in [3.63, 3.8) is 0 Å². The molecule has 2 atom stereocenters. The summed E-state index contributed by atoms with van der Waals surface area (Å²) in [6, 6.07) is 10.3. The number of nitrogens with one attached hydrogen (secondary N) is 2. The quantitative estimate of drug-likeness (QED) is 0.875. The van der Waals surface area contributed by atoms with E-state index < -0.39 is 0 Å². The minimum Gasteiger partial charge on any atom is -0.374 e. The van der Waals surface area contributed by atoms with E-state index in [9.17, 15) is 9.59 Å². The van der Waals surface area contributed by atoms with E-state index in [0.29, 0.717) is 18.4 Å². The van der Waals surface area contributed by atoms with E-state index in [0.717, 1.165) is 24.3 Å². The summed E-state index contributed by atoms with van der Waals surface area (Å²) in [5.74, 6) is 0.365. The van der Waals surface area contributed by atoms with Crippen LogP contribution in [0.3, 0.4) is 0 Å². The predicted octanol–water partition coefficient (Wildman–Crippen LogP) is 3.12. The lowest BCUT2D eigenvalue weighted by Crippen LogP contribution is -2.21. The molecule has 0 radical (unpaired) electrons. The highest BCUT2D eigenvalue weighted by molar-refractivity contribution is 6.02. The third kappa shape index (κ3) is 5.00. The maximum absolute atomic E-state index is 12.2. The fraction of sp³-hybridized carbons (Fsp3) is 0.421. The summed E-state index contributed by atoms with van der Waals surface area (Å²) in [5.41, 5.74) is 1.52. The number of aromatic amines is 1. The van der Waals surface area contributed by atoms with Crippen molar-refractivity contribution in [2.45, 2.75) is 45.3 Å². The van der Waals surface area contributed by atoms with Crippen LogP contribution in [-0.4, -0.2) is 22.2 Å². The van der Waals surface area contributed by atoms with E-state index in [1.165, 1.54) is 25.0 Å². The fourth-order valence-electron chi connectivity index (χ4n) is 3.15. The molecule has 0 saturated heterocycles. The van der Waals surface area contributed by atoms with Crippen molar-refractivity contribution in [3.8, 4) is 0 Å². The summed E-state index contributed by atoms with van der Waals surface area (Å²) in [6.07, 6.45) is 5.09. The van der Waals surface area contributed by atoms with Crippen molar-refractivity contribution in [2.24, 2.45) is 5.92 Å². The smallest absolute Gasteiger partial charge is 0.276 e. The van der Waals surface area contributed by atoms with Gasteiger partial charge in [0.05, 0.1) is 12.7 Å². The zero-order chi connectivity index (χ0) is 17.6. The molecule has 1 fully saturated rings. The van der Waals surface area contributed by atoms with Crippen LogP contribution in [0.25, 0.3) is 0 Å².